The summed E-state index contributed by atoms with van der Waals surface area (Å²) in [7, 11) is 2.00. The zero-order valence-electron chi connectivity index (χ0n) is 6.35. The summed E-state index contributed by atoms with van der Waals surface area (Å²) in [6.07, 6.45) is 6.26. The summed E-state index contributed by atoms with van der Waals surface area (Å²) in [4.78, 5) is 12.2. The fraction of sp³-hybridized carbons (Fsp3) is 0.375. The lowest BCUT2D eigenvalue weighted by Gasteiger charge is -2.08. The van der Waals surface area contributed by atoms with Gasteiger partial charge in [0.15, 0.2) is 5.78 Å². The van der Waals surface area contributed by atoms with Gasteiger partial charge in [0.05, 0.1) is 12.6 Å². The number of nitrogens with one attached hydrogen (secondary N) is 1. The lowest BCUT2D eigenvalue weighted by molar-refractivity contribution is -0.766. The van der Waals surface area contributed by atoms with E-state index in [1.54, 1.807) is 6.08 Å². The molecule has 0 aromatic heterocycles. The maximum absolute atomic E-state index is 11.0. The highest BCUT2D eigenvalue weighted by Crippen LogP contribution is 2.01. The van der Waals surface area contributed by atoms with Crippen LogP contribution < -0.4 is 4.90 Å². The summed E-state index contributed by atoms with van der Waals surface area (Å²) in [5, 5.41) is 0. The van der Waals surface area contributed by atoms with Crippen molar-refractivity contribution in [1.82, 2.24) is 0 Å². The van der Waals surface area contributed by atoms with Gasteiger partial charge in [-0.3, -0.25) is 9.69 Å². The summed E-state index contributed by atoms with van der Waals surface area (Å²) in [5.41, 5.74) is 0.917. The molecule has 1 heterocycles. The van der Waals surface area contributed by atoms with Crippen LogP contribution in [0.25, 0.3) is 0 Å². The molecule has 0 amide bonds. The van der Waals surface area contributed by atoms with Crippen molar-refractivity contribution in [3.8, 4) is 0 Å². The van der Waals surface area contributed by atoms with E-state index in [-0.39, 0.29) is 5.78 Å². The Morgan fingerprint density at radius 2 is 2.30 bits per heavy atom. The maximum Gasteiger partial charge on any atom is 0.192 e. The second kappa shape index (κ2) is 2.80. The first-order valence-corrected chi connectivity index (χ1v) is 3.50. The molecule has 0 bridgehead atoms. The molecule has 0 aliphatic carbocycles. The van der Waals surface area contributed by atoms with Crippen molar-refractivity contribution < 1.29 is 9.69 Å². The summed E-state index contributed by atoms with van der Waals surface area (Å²) in [6.45, 7) is 2.00. The van der Waals surface area contributed by atoms with Gasteiger partial charge in [0.1, 0.15) is 12.4 Å². The molecule has 0 spiro atoms. The van der Waals surface area contributed by atoms with Crippen molar-refractivity contribution >= 4 is 5.78 Å². The van der Waals surface area contributed by atoms with E-state index in [2.05, 4.69) is 0 Å². The molecule has 1 aliphatic rings. The van der Waals surface area contributed by atoms with Gasteiger partial charge in [-0.1, -0.05) is 6.92 Å². The second-order valence-electron chi connectivity index (χ2n) is 2.46. The van der Waals surface area contributed by atoms with Crippen molar-refractivity contribution in [2.24, 2.45) is 0 Å². The molecule has 10 heavy (non-hydrogen) atoms. The van der Waals surface area contributed by atoms with Crippen molar-refractivity contribution in [3.05, 3.63) is 24.0 Å². The molecule has 1 atom stereocenters. The topological polar surface area (TPSA) is 21.5 Å². The minimum Gasteiger partial charge on any atom is -0.289 e. The Balaban J connectivity index is 2.79. The van der Waals surface area contributed by atoms with Crippen LogP contribution in [0.2, 0.25) is 0 Å². The Morgan fingerprint density at radius 3 is 2.80 bits per heavy atom. The van der Waals surface area contributed by atoms with Gasteiger partial charge in [0.25, 0.3) is 0 Å². The van der Waals surface area contributed by atoms with Crippen molar-refractivity contribution in [3.63, 3.8) is 0 Å². The highest BCUT2D eigenvalue weighted by Gasteiger charge is 2.11. The molecular weight excluding hydrogens is 126 g/mol. The first-order chi connectivity index (χ1) is 4.74. The Morgan fingerprint density at radius 1 is 1.60 bits per heavy atom. The number of hydrogen-bond donors (Lipinski definition) is 1. The average molecular weight is 138 g/mol. The minimum absolute atomic E-state index is 0.160. The third-order valence-corrected chi connectivity index (χ3v) is 1.60. The van der Waals surface area contributed by atoms with Gasteiger partial charge in [0.2, 0.25) is 0 Å². The molecule has 54 valence electrons. The molecule has 0 saturated heterocycles. The van der Waals surface area contributed by atoms with Crippen LogP contribution >= 0.6 is 0 Å². The fourth-order valence-electron chi connectivity index (χ4n) is 0.985. The Kier molecular flexibility index (Phi) is 2.02. The van der Waals surface area contributed by atoms with E-state index in [1.165, 1.54) is 0 Å². The van der Waals surface area contributed by atoms with E-state index in [1.807, 2.05) is 26.4 Å². The highest BCUT2D eigenvalue weighted by atomic mass is 16.1. The van der Waals surface area contributed by atoms with Crippen LogP contribution in [-0.2, 0) is 4.79 Å². The van der Waals surface area contributed by atoms with Gasteiger partial charge in [-0.15, -0.1) is 0 Å². The number of carbonyl (C=O) groups excluding carboxylic acids is 1. The van der Waals surface area contributed by atoms with Crippen LogP contribution in [0.3, 0.4) is 0 Å². The third kappa shape index (κ3) is 1.33. The van der Waals surface area contributed by atoms with Crippen LogP contribution in [0.1, 0.15) is 13.3 Å². The molecular formula is C8H12NO+. The minimum atomic E-state index is 0.160. The quantitative estimate of drug-likeness (QED) is 0.536. The van der Waals surface area contributed by atoms with E-state index >= 15 is 0 Å². The Bertz CT molecular complexity index is 203. The molecule has 0 aromatic rings. The largest absolute Gasteiger partial charge is 0.289 e. The van der Waals surface area contributed by atoms with Gasteiger partial charge in [-0.25, -0.2) is 0 Å². The van der Waals surface area contributed by atoms with Crippen molar-refractivity contribution in [2.45, 2.75) is 13.3 Å². The lowest BCUT2D eigenvalue weighted by Crippen LogP contribution is -2.99. The molecule has 1 N–H and O–H groups in total. The molecule has 0 radical (unpaired) electrons. The number of rotatable bonds is 1. The zero-order chi connectivity index (χ0) is 7.56. The number of carbonyl (C=O) groups is 1. The molecule has 1 unspecified atom stereocenters. The first-order valence-electron chi connectivity index (χ1n) is 3.50. The number of allylic oxidation sites excluding steroid dienone is 2. The van der Waals surface area contributed by atoms with Gasteiger partial charge in [0, 0.05) is 6.08 Å². The lowest BCUT2D eigenvalue weighted by atomic mass is 10.1. The first kappa shape index (κ1) is 7.22. The van der Waals surface area contributed by atoms with Crippen molar-refractivity contribution in [2.75, 3.05) is 7.05 Å². The van der Waals surface area contributed by atoms with Crippen LogP contribution in [-0.4, -0.2) is 12.8 Å². The van der Waals surface area contributed by atoms with Crippen LogP contribution in [0, 0.1) is 0 Å². The van der Waals surface area contributed by atoms with Crippen LogP contribution in [0.5, 0.6) is 0 Å². The number of quaternary nitrogens is 1. The van der Waals surface area contributed by atoms with E-state index in [0.717, 1.165) is 16.9 Å². The Labute approximate surface area is 60.8 Å². The molecule has 0 fully saturated rings. The SMILES string of the molecule is CCC1=C[NH+](C)C=CC1=O. The maximum atomic E-state index is 11.0. The Hall–Kier alpha value is -0.890. The highest BCUT2D eigenvalue weighted by molar-refractivity contribution is 6.03. The van der Waals surface area contributed by atoms with E-state index in [0.29, 0.717) is 0 Å². The predicted molar refractivity (Wildman–Crippen MR) is 39.4 cm³/mol. The summed E-state index contributed by atoms with van der Waals surface area (Å²) < 4.78 is 0. The van der Waals surface area contributed by atoms with Crippen LogP contribution in [0.15, 0.2) is 24.0 Å². The van der Waals surface area contributed by atoms with E-state index in [9.17, 15) is 4.79 Å². The zero-order valence-corrected chi connectivity index (χ0v) is 6.35. The van der Waals surface area contributed by atoms with E-state index < -0.39 is 0 Å². The summed E-state index contributed by atoms with van der Waals surface area (Å²) in [5.74, 6) is 0.160. The number of ketones is 1. The van der Waals surface area contributed by atoms with Gasteiger partial charge >= 0.3 is 0 Å². The predicted octanol–water partition coefficient (Wildman–Crippen LogP) is -0.109. The standard InChI is InChI=1S/C8H11NO/c1-3-7-6-9(2)5-4-8(7)10/h4-6H,3H2,1-2H3/p+1. The smallest absolute Gasteiger partial charge is 0.192 e. The second-order valence-corrected chi connectivity index (χ2v) is 2.46. The summed E-state index contributed by atoms with van der Waals surface area (Å²) in [6, 6.07) is 0. The molecule has 0 saturated carbocycles. The van der Waals surface area contributed by atoms with Crippen LogP contribution in [0.4, 0.5) is 0 Å². The third-order valence-electron chi connectivity index (χ3n) is 1.60. The fourth-order valence-corrected chi connectivity index (χ4v) is 0.985. The van der Waals surface area contributed by atoms with Gasteiger partial charge in [-0.05, 0) is 6.42 Å². The number of hydrogen-bond acceptors (Lipinski definition) is 1. The molecule has 1 rings (SSSR count). The van der Waals surface area contributed by atoms with Gasteiger partial charge in [-0.2, -0.15) is 0 Å². The molecule has 2 nitrogen and oxygen atoms in total. The molecule has 1 aliphatic heterocycles. The van der Waals surface area contributed by atoms with Crippen molar-refractivity contribution in [1.29, 1.82) is 0 Å². The molecule has 2 heteroatoms. The van der Waals surface area contributed by atoms with Gasteiger partial charge < -0.3 is 0 Å². The monoisotopic (exact) mass is 138 g/mol. The molecule has 0 aromatic carbocycles. The average Bonchev–Trinajstić information content (AvgIpc) is 1.94. The van der Waals surface area contributed by atoms with E-state index in [4.69, 9.17) is 0 Å². The normalized spacial score (nSPS) is 24.8. The summed E-state index contributed by atoms with van der Waals surface area (Å²) >= 11 is 0.